The van der Waals surface area contributed by atoms with Gasteiger partial charge < -0.3 is 43.1 Å². The number of ether oxygens (including phenoxy) is 6. The number of benzene rings is 2. The van der Waals surface area contributed by atoms with E-state index in [0.717, 1.165) is 31.9 Å². The Kier molecular flexibility index (Phi) is 16.4. The summed E-state index contributed by atoms with van der Waals surface area (Å²) >= 11 is 0. The van der Waals surface area contributed by atoms with Gasteiger partial charge in [0.1, 0.15) is 6.61 Å². The molecule has 5 rings (SSSR count). The fourth-order valence-electron chi connectivity index (χ4n) is 6.93. The molecule has 0 aromatic heterocycles. The minimum atomic E-state index is -2.66. The van der Waals surface area contributed by atoms with Gasteiger partial charge >= 0.3 is 5.97 Å². The molecule has 52 heavy (non-hydrogen) atoms. The second kappa shape index (κ2) is 21.1. The number of rotatable bonds is 9. The number of carbonyl (C=O) groups excluding carboxylic acids is 1. The maximum atomic E-state index is 13.0. The van der Waals surface area contributed by atoms with Gasteiger partial charge in [0.25, 0.3) is 8.32 Å². The summed E-state index contributed by atoms with van der Waals surface area (Å²) in [6, 6.07) is 21.5. The minimum absolute atomic E-state index is 0.00680. The molecule has 288 valence electrons. The zero-order valence-electron chi connectivity index (χ0n) is 31.5. The van der Waals surface area contributed by atoms with E-state index in [-0.39, 0.29) is 36.2 Å². The Morgan fingerprint density at radius 1 is 0.731 bits per heavy atom. The van der Waals surface area contributed by atoms with Crippen molar-refractivity contribution in [3.05, 3.63) is 60.7 Å². The van der Waals surface area contributed by atoms with Crippen LogP contribution in [0.5, 0.6) is 0 Å². The third kappa shape index (κ3) is 12.1. The highest BCUT2D eigenvalue weighted by molar-refractivity contribution is 6.99. The Morgan fingerprint density at radius 3 is 1.75 bits per heavy atom. The van der Waals surface area contributed by atoms with Gasteiger partial charge in [-0.3, -0.25) is 9.69 Å². The molecule has 2 fully saturated rings. The fourth-order valence-corrected chi connectivity index (χ4v) is 11.5. The molecule has 2 atom stereocenters. The first-order chi connectivity index (χ1) is 25.3. The highest BCUT2D eigenvalue weighted by atomic mass is 28.4. The molecule has 2 saturated heterocycles. The lowest BCUT2D eigenvalue weighted by molar-refractivity contribution is -0.146. The molecule has 3 aliphatic heterocycles. The Balaban J connectivity index is 1.13. The summed E-state index contributed by atoms with van der Waals surface area (Å²) in [5, 5.41) is 6.02. The first-order valence-electron chi connectivity index (χ1n) is 19.0. The highest BCUT2D eigenvalue weighted by Crippen LogP contribution is 2.37. The molecular formula is C39H60N4O8Si. The Hall–Kier alpha value is -2.88. The van der Waals surface area contributed by atoms with Crippen molar-refractivity contribution in [2.75, 3.05) is 112 Å². The van der Waals surface area contributed by atoms with Crippen molar-refractivity contribution < 1.29 is 37.6 Å². The number of nitrogens with one attached hydrogen (secondary N) is 1. The van der Waals surface area contributed by atoms with Gasteiger partial charge in [0, 0.05) is 26.2 Å². The van der Waals surface area contributed by atoms with Crippen molar-refractivity contribution in [2.24, 2.45) is 4.99 Å². The third-order valence-corrected chi connectivity index (χ3v) is 14.7. The normalized spacial score (nSPS) is 22.6. The van der Waals surface area contributed by atoms with E-state index < -0.39 is 8.32 Å². The molecule has 0 amide bonds. The van der Waals surface area contributed by atoms with E-state index in [1.807, 2.05) is 4.90 Å². The third-order valence-electron chi connectivity index (χ3n) is 9.72. The van der Waals surface area contributed by atoms with Crippen molar-refractivity contribution in [1.29, 1.82) is 0 Å². The van der Waals surface area contributed by atoms with Crippen LogP contribution < -0.4 is 15.7 Å². The van der Waals surface area contributed by atoms with Gasteiger partial charge in [-0.15, -0.1) is 0 Å². The topological polar surface area (TPSA) is 113 Å². The number of hydrogen-bond acceptors (Lipinski definition) is 12. The van der Waals surface area contributed by atoms with Gasteiger partial charge in [0.05, 0.1) is 91.3 Å². The smallest absolute Gasteiger partial charge is 0.320 e. The molecule has 12 nitrogen and oxygen atoms in total. The molecule has 0 spiro atoms. The average molecular weight is 741 g/mol. The molecule has 3 heterocycles. The van der Waals surface area contributed by atoms with E-state index in [4.69, 9.17) is 37.8 Å². The summed E-state index contributed by atoms with van der Waals surface area (Å²) < 4.78 is 41.1. The number of fused-ring (bicyclic) bond motifs is 1. The molecule has 2 aromatic carbocycles. The van der Waals surface area contributed by atoms with E-state index in [0.29, 0.717) is 85.8 Å². The maximum absolute atomic E-state index is 13.0. The zero-order valence-corrected chi connectivity index (χ0v) is 32.5. The number of hydrogen-bond donors (Lipinski definition) is 1. The molecule has 3 aliphatic rings. The van der Waals surface area contributed by atoms with E-state index in [1.54, 1.807) is 0 Å². The lowest BCUT2D eigenvalue weighted by atomic mass is 10.1. The molecule has 1 N–H and O–H groups in total. The van der Waals surface area contributed by atoms with E-state index in [2.05, 4.69) is 91.7 Å². The quantitative estimate of drug-likeness (QED) is 0.302. The maximum Gasteiger partial charge on any atom is 0.320 e. The standard InChI is InChI=1S/C39H60N4O8Si/c1-39(2,3)52(35-10-6-4-7-11-35,36-12-8-5-9-13-36)51-32-34-15-17-43-16-14-33(40-38(43)41-34)31-50-37(44)30-42-18-20-45-22-24-47-26-28-49-29-27-48-25-23-46-21-19-42/h4-13,33-34H,14-32H2,1-3H3,(H,40,41)/t33-,34-/m0/s1. The van der Waals surface area contributed by atoms with Gasteiger partial charge in [0.15, 0.2) is 5.96 Å². The summed E-state index contributed by atoms with van der Waals surface area (Å²) in [6.07, 6.45) is 1.80. The van der Waals surface area contributed by atoms with Crippen LogP contribution in [-0.4, -0.2) is 154 Å². The predicted octanol–water partition coefficient (Wildman–Crippen LogP) is 2.30. The molecule has 13 heteroatoms. The van der Waals surface area contributed by atoms with Crippen LogP contribution in [0.3, 0.4) is 0 Å². The molecule has 0 radical (unpaired) electrons. The summed E-state index contributed by atoms with van der Waals surface area (Å²) in [5.74, 6) is 0.609. The molecule has 0 unspecified atom stereocenters. The second-order valence-electron chi connectivity index (χ2n) is 14.5. The van der Waals surface area contributed by atoms with Gasteiger partial charge in [0.2, 0.25) is 0 Å². The molecule has 0 bridgehead atoms. The number of aliphatic imine (C=N–C) groups is 1. The number of esters is 1. The lowest BCUT2D eigenvalue weighted by Gasteiger charge is -2.44. The predicted molar refractivity (Wildman–Crippen MR) is 204 cm³/mol. The van der Waals surface area contributed by atoms with Crippen LogP contribution in [0.4, 0.5) is 0 Å². The van der Waals surface area contributed by atoms with Crippen molar-refractivity contribution in [3.8, 4) is 0 Å². The Bertz CT molecular complexity index is 1290. The highest BCUT2D eigenvalue weighted by Gasteiger charge is 2.50. The summed E-state index contributed by atoms with van der Waals surface area (Å²) in [5.41, 5.74) is 0. The van der Waals surface area contributed by atoms with Crippen molar-refractivity contribution in [2.45, 2.75) is 50.7 Å². The van der Waals surface area contributed by atoms with Gasteiger partial charge in [-0.1, -0.05) is 81.4 Å². The van der Waals surface area contributed by atoms with Crippen molar-refractivity contribution in [1.82, 2.24) is 15.1 Å². The summed E-state index contributed by atoms with van der Waals surface area (Å²) in [6.45, 7) is 15.9. The monoisotopic (exact) mass is 740 g/mol. The fraction of sp³-hybridized carbons (Fsp3) is 0.641. The largest absolute Gasteiger partial charge is 0.463 e. The second-order valence-corrected chi connectivity index (χ2v) is 18.8. The van der Waals surface area contributed by atoms with E-state index in [1.165, 1.54) is 10.4 Å². The average Bonchev–Trinajstić information content (AvgIpc) is 3.15. The van der Waals surface area contributed by atoms with Crippen LogP contribution in [0.2, 0.25) is 5.04 Å². The van der Waals surface area contributed by atoms with E-state index >= 15 is 0 Å². The van der Waals surface area contributed by atoms with Crippen molar-refractivity contribution >= 4 is 30.6 Å². The van der Waals surface area contributed by atoms with Crippen LogP contribution in [0.1, 0.15) is 33.6 Å². The number of guanidine groups is 1. The zero-order chi connectivity index (χ0) is 36.5. The Labute approximate surface area is 311 Å². The summed E-state index contributed by atoms with van der Waals surface area (Å²) in [4.78, 5) is 22.5. The summed E-state index contributed by atoms with van der Waals surface area (Å²) in [7, 11) is -2.66. The van der Waals surface area contributed by atoms with Gasteiger partial charge in [-0.25, -0.2) is 4.99 Å². The van der Waals surface area contributed by atoms with Crippen LogP contribution in [-0.2, 0) is 37.6 Å². The number of nitrogens with zero attached hydrogens (tertiary/aromatic N) is 3. The first kappa shape index (κ1) is 40.3. The van der Waals surface area contributed by atoms with Crippen LogP contribution in [0.15, 0.2) is 65.7 Å². The van der Waals surface area contributed by atoms with Gasteiger partial charge in [-0.05, 0) is 28.3 Å². The molecule has 0 saturated carbocycles. The number of carbonyl (C=O) groups is 1. The lowest BCUT2D eigenvalue weighted by Crippen LogP contribution is -2.67. The molecule has 0 aliphatic carbocycles. The molecular weight excluding hydrogens is 681 g/mol. The first-order valence-corrected chi connectivity index (χ1v) is 20.9. The Morgan fingerprint density at radius 2 is 1.23 bits per heavy atom. The van der Waals surface area contributed by atoms with Crippen LogP contribution in [0.25, 0.3) is 0 Å². The minimum Gasteiger partial charge on any atom is -0.463 e. The SMILES string of the molecule is CC(C)(C)[Si](OC[C@@H]1CCN2CC[C@@H](COC(=O)CN3CCOCCOCCOCCOCCOCC3)NC2=N1)(c1ccccc1)c1ccccc1. The van der Waals surface area contributed by atoms with Gasteiger partial charge in [-0.2, -0.15) is 0 Å². The van der Waals surface area contributed by atoms with Crippen molar-refractivity contribution in [3.63, 3.8) is 0 Å². The van der Waals surface area contributed by atoms with Crippen LogP contribution >= 0.6 is 0 Å². The van der Waals surface area contributed by atoms with Crippen LogP contribution in [0, 0.1) is 0 Å². The van der Waals surface area contributed by atoms with E-state index in [9.17, 15) is 4.79 Å². The molecule has 2 aromatic rings.